The first-order valence-electron chi connectivity index (χ1n) is 8.08. The molecule has 3 rings (SSSR count). The average Bonchev–Trinajstić information content (AvgIpc) is 3.21. The molecule has 0 fully saturated rings. The number of hydrogen-bond donors (Lipinski definition) is 3. The van der Waals surface area contributed by atoms with E-state index in [1.54, 1.807) is 24.3 Å². The highest BCUT2D eigenvalue weighted by Crippen LogP contribution is 2.19. The zero-order valence-electron chi connectivity index (χ0n) is 14.0. The van der Waals surface area contributed by atoms with Gasteiger partial charge in [-0.2, -0.15) is 5.26 Å². The molecule has 3 aromatic rings. The first-order valence-corrected chi connectivity index (χ1v) is 9.07. The van der Waals surface area contributed by atoms with E-state index < -0.39 is 0 Å². The second kappa shape index (κ2) is 9.30. The number of aromatic nitrogens is 2. The van der Waals surface area contributed by atoms with Crippen LogP contribution in [0.15, 0.2) is 77.0 Å². The maximum Gasteiger partial charge on any atom is 0.209 e. The Bertz CT molecular complexity index is 867. The minimum absolute atomic E-state index is 0.440. The topological polar surface area (TPSA) is 88.9 Å². The number of benzene rings is 2. The van der Waals surface area contributed by atoms with Crippen molar-refractivity contribution in [3.63, 3.8) is 0 Å². The summed E-state index contributed by atoms with van der Waals surface area (Å²) in [6.45, 7) is 0.600. The molecule has 1 heterocycles. The highest BCUT2D eigenvalue weighted by Gasteiger charge is 2.02. The van der Waals surface area contributed by atoms with Gasteiger partial charge in [-0.25, -0.2) is 4.98 Å². The molecule has 130 valence electrons. The van der Waals surface area contributed by atoms with Crippen LogP contribution in [0.4, 0.5) is 5.69 Å². The van der Waals surface area contributed by atoms with Crippen molar-refractivity contribution in [2.24, 2.45) is 4.99 Å². The number of imidazole rings is 1. The lowest BCUT2D eigenvalue weighted by Crippen LogP contribution is -2.27. The average molecular weight is 362 g/mol. The molecular formula is C19H18N6S. The van der Waals surface area contributed by atoms with Gasteiger partial charge in [-0.05, 0) is 29.8 Å². The zero-order chi connectivity index (χ0) is 18.0. The summed E-state index contributed by atoms with van der Waals surface area (Å²) in [4.78, 5) is 12.7. The molecule has 0 saturated heterocycles. The smallest absolute Gasteiger partial charge is 0.209 e. The van der Waals surface area contributed by atoms with Crippen LogP contribution in [0.2, 0.25) is 0 Å². The molecule has 0 radical (unpaired) electrons. The fourth-order valence-electron chi connectivity index (χ4n) is 2.28. The Labute approximate surface area is 156 Å². The quantitative estimate of drug-likeness (QED) is 0.155. The molecule has 0 spiro atoms. The number of H-pyrrole nitrogens is 1. The van der Waals surface area contributed by atoms with Gasteiger partial charge in [0.2, 0.25) is 5.96 Å². The third-order valence-corrected chi connectivity index (χ3v) is 4.50. The Balaban J connectivity index is 1.56. The molecule has 0 aliphatic carbocycles. The first-order chi connectivity index (χ1) is 12.8. The standard InChI is InChI=1S/C19H18N6S/c20-13-23-19(22-10-11-26-17-4-2-1-3-5-17)25-16-8-6-15(7-9-16)18-12-21-14-24-18/h1-9,12,14H,10-11H2,(H,21,24)(H2,22,23,25). The Morgan fingerprint density at radius 2 is 1.96 bits per heavy atom. The second-order valence-electron chi connectivity index (χ2n) is 5.30. The summed E-state index contributed by atoms with van der Waals surface area (Å²) < 4.78 is 0. The van der Waals surface area contributed by atoms with Crippen molar-refractivity contribution < 1.29 is 0 Å². The fourth-order valence-corrected chi connectivity index (χ4v) is 3.05. The Kier molecular flexibility index (Phi) is 6.29. The third-order valence-electron chi connectivity index (χ3n) is 3.50. The lowest BCUT2D eigenvalue weighted by atomic mass is 10.1. The van der Waals surface area contributed by atoms with E-state index in [0.717, 1.165) is 22.7 Å². The molecule has 6 nitrogen and oxygen atoms in total. The SMILES string of the molecule is N#CNC(=NCCSc1ccccc1)Nc1ccc(-c2cnc[nH]2)cc1. The molecule has 0 amide bonds. The summed E-state index contributed by atoms with van der Waals surface area (Å²) in [6.07, 6.45) is 5.34. The van der Waals surface area contributed by atoms with Gasteiger partial charge in [-0.15, -0.1) is 11.8 Å². The number of aliphatic imine (C=N–C) groups is 1. The lowest BCUT2D eigenvalue weighted by molar-refractivity contribution is 1.10. The molecule has 26 heavy (non-hydrogen) atoms. The molecule has 0 atom stereocenters. The monoisotopic (exact) mass is 362 g/mol. The van der Waals surface area contributed by atoms with E-state index in [9.17, 15) is 0 Å². The summed E-state index contributed by atoms with van der Waals surface area (Å²) in [5.41, 5.74) is 2.85. The molecule has 0 aliphatic rings. The predicted octanol–water partition coefficient (Wildman–Crippen LogP) is 3.71. The van der Waals surface area contributed by atoms with Gasteiger partial charge in [0, 0.05) is 16.3 Å². The third kappa shape index (κ3) is 5.13. The van der Waals surface area contributed by atoms with E-state index in [1.165, 1.54) is 4.90 Å². The lowest BCUT2D eigenvalue weighted by Gasteiger charge is -2.09. The van der Waals surface area contributed by atoms with Gasteiger partial charge in [0.1, 0.15) is 0 Å². The van der Waals surface area contributed by atoms with E-state index in [2.05, 4.69) is 37.7 Å². The molecule has 2 aromatic carbocycles. The van der Waals surface area contributed by atoms with Gasteiger partial charge >= 0.3 is 0 Å². The normalized spacial score (nSPS) is 11.0. The zero-order valence-corrected chi connectivity index (χ0v) is 14.8. The van der Waals surface area contributed by atoms with Crippen molar-refractivity contribution in [2.45, 2.75) is 4.90 Å². The van der Waals surface area contributed by atoms with Crippen molar-refractivity contribution >= 4 is 23.4 Å². The van der Waals surface area contributed by atoms with E-state index >= 15 is 0 Å². The summed E-state index contributed by atoms with van der Waals surface area (Å²) in [5, 5.41) is 14.6. The van der Waals surface area contributed by atoms with Crippen LogP contribution in [0.1, 0.15) is 0 Å². The Morgan fingerprint density at radius 1 is 1.15 bits per heavy atom. The molecule has 3 N–H and O–H groups in total. The largest absolute Gasteiger partial charge is 0.345 e. The van der Waals surface area contributed by atoms with Crippen LogP contribution in [0.3, 0.4) is 0 Å². The Morgan fingerprint density at radius 3 is 2.65 bits per heavy atom. The summed E-state index contributed by atoms with van der Waals surface area (Å²) in [5.74, 6) is 1.27. The number of nitriles is 1. The summed E-state index contributed by atoms with van der Waals surface area (Å²) >= 11 is 1.73. The minimum Gasteiger partial charge on any atom is -0.345 e. The highest BCUT2D eigenvalue weighted by molar-refractivity contribution is 7.99. The van der Waals surface area contributed by atoms with Crippen LogP contribution in [-0.4, -0.2) is 28.2 Å². The number of nitrogens with zero attached hydrogens (tertiary/aromatic N) is 3. The molecular weight excluding hydrogens is 344 g/mol. The summed E-state index contributed by atoms with van der Waals surface area (Å²) in [6, 6.07) is 18.0. The number of hydrogen-bond acceptors (Lipinski definition) is 4. The van der Waals surface area contributed by atoms with Crippen LogP contribution in [0.5, 0.6) is 0 Å². The van der Waals surface area contributed by atoms with Crippen molar-refractivity contribution in [3.05, 3.63) is 67.1 Å². The first kappa shape index (κ1) is 17.6. The number of aromatic amines is 1. The van der Waals surface area contributed by atoms with Gasteiger partial charge in [0.15, 0.2) is 6.19 Å². The number of thioether (sulfide) groups is 1. The van der Waals surface area contributed by atoms with E-state index in [1.807, 2.05) is 48.7 Å². The number of rotatable bonds is 6. The van der Waals surface area contributed by atoms with E-state index in [-0.39, 0.29) is 0 Å². The minimum atomic E-state index is 0.440. The molecule has 1 aromatic heterocycles. The molecule has 7 heteroatoms. The van der Waals surface area contributed by atoms with Crippen molar-refractivity contribution in [1.82, 2.24) is 15.3 Å². The number of nitrogens with one attached hydrogen (secondary N) is 3. The second-order valence-corrected chi connectivity index (χ2v) is 6.46. The van der Waals surface area contributed by atoms with E-state index in [0.29, 0.717) is 12.5 Å². The maximum absolute atomic E-state index is 8.92. The molecule has 0 bridgehead atoms. The number of guanidine groups is 1. The van der Waals surface area contributed by atoms with Gasteiger partial charge in [-0.1, -0.05) is 30.3 Å². The predicted molar refractivity (Wildman–Crippen MR) is 106 cm³/mol. The summed E-state index contributed by atoms with van der Waals surface area (Å²) in [7, 11) is 0. The maximum atomic E-state index is 8.92. The van der Waals surface area contributed by atoms with Crippen LogP contribution < -0.4 is 10.6 Å². The molecule has 0 unspecified atom stereocenters. The van der Waals surface area contributed by atoms with Crippen molar-refractivity contribution in [2.75, 3.05) is 17.6 Å². The van der Waals surface area contributed by atoms with Gasteiger partial charge in [-0.3, -0.25) is 10.3 Å². The van der Waals surface area contributed by atoms with Gasteiger partial charge in [0.25, 0.3) is 0 Å². The van der Waals surface area contributed by atoms with Crippen LogP contribution in [0.25, 0.3) is 11.3 Å². The van der Waals surface area contributed by atoms with Crippen molar-refractivity contribution in [3.8, 4) is 17.5 Å². The Hall–Kier alpha value is -3.24. The fraction of sp³-hybridized carbons (Fsp3) is 0.105. The molecule has 0 aliphatic heterocycles. The van der Waals surface area contributed by atoms with Gasteiger partial charge in [0.05, 0.1) is 24.8 Å². The van der Waals surface area contributed by atoms with Crippen LogP contribution in [0, 0.1) is 11.5 Å². The number of anilines is 1. The van der Waals surface area contributed by atoms with Crippen molar-refractivity contribution in [1.29, 1.82) is 5.26 Å². The molecule has 0 saturated carbocycles. The van der Waals surface area contributed by atoms with Crippen LogP contribution in [-0.2, 0) is 0 Å². The van der Waals surface area contributed by atoms with Gasteiger partial charge < -0.3 is 10.3 Å². The van der Waals surface area contributed by atoms with Crippen LogP contribution >= 0.6 is 11.8 Å². The van der Waals surface area contributed by atoms with E-state index in [4.69, 9.17) is 5.26 Å². The highest BCUT2D eigenvalue weighted by atomic mass is 32.2.